The van der Waals surface area contributed by atoms with Crippen LogP contribution in [-0.2, 0) is 9.84 Å². The summed E-state index contributed by atoms with van der Waals surface area (Å²) < 4.78 is 22.3. The molecular formula is C13H20N2O3S. The van der Waals surface area contributed by atoms with E-state index in [1.165, 1.54) is 0 Å². The highest BCUT2D eigenvalue weighted by Crippen LogP contribution is 2.17. The largest absolute Gasteiger partial charge is 0.398 e. The van der Waals surface area contributed by atoms with Gasteiger partial charge in [0.05, 0.1) is 5.75 Å². The maximum Gasteiger partial charge on any atom is 0.251 e. The maximum atomic E-state index is 12.1. The van der Waals surface area contributed by atoms with Crippen LogP contribution in [-0.4, -0.2) is 32.4 Å². The second kappa shape index (κ2) is 5.61. The van der Waals surface area contributed by atoms with Gasteiger partial charge in [-0.25, -0.2) is 8.42 Å². The van der Waals surface area contributed by atoms with Gasteiger partial charge in [0.2, 0.25) is 0 Å². The first-order valence-corrected chi connectivity index (χ1v) is 8.01. The molecule has 1 aromatic carbocycles. The highest BCUT2D eigenvalue weighted by molar-refractivity contribution is 7.90. The first kappa shape index (κ1) is 15.5. The van der Waals surface area contributed by atoms with Crippen molar-refractivity contribution in [1.29, 1.82) is 0 Å². The second-order valence-electron chi connectivity index (χ2n) is 4.99. The van der Waals surface area contributed by atoms with Crippen molar-refractivity contribution >= 4 is 21.4 Å². The molecule has 1 rings (SSSR count). The maximum absolute atomic E-state index is 12.1. The van der Waals surface area contributed by atoms with Gasteiger partial charge in [-0.15, -0.1) is 0 Å². The molecule has 0 bridgehead atoms. The van der Waals surface area contributed by atoms with Crippen LogP contribution < -0.4 is 11.1 Å². The molecule has 0 aliphatic rings. The first-order chi connectivity index (χ1) is 8.60. The fourth-order valence-electron chi connectivity index (χ4n) is 1.91. The molecule has 0 aliphatic carbocycles. The number of carbonyl (C=O) groups excluding carboxylic acids is 1. The summed E-state index contributed by atoms with van der Waals surface area (Å²) in [7, 11) is -3.12. The van der Waals surface area contributed by atoms with Crippen molar-refractivity contribution in [2.45, 2.75) is 26.8 Å². The molecule has 0 spiro atoms. The van der Waals surface area contributed by atoms with Crippen LogP contribution in [0, 0.1) is 13.8 Å². The predicted molar refractivity (Wildman–Crippen MR) is 77.0 cm³/mol. The lowest BCUT2D eigenvalue weighted by molar-refractivity contribution is 0.0943. The van der Waals surface area contributed by atoms with Crippen molar-refractivity contribution < 1.29 is 13.2 Å². The molecule has 0 saturated carbocycles. The number of benzene rings is 1. The van der Waals surface area contributed by atoms with E-state index in [4.69, 9.17) is 5.73 Å². The van der Waals surface area contributed by atoms with E-state index in [1.54, 1.807) is 13.0 Å². The SMILES string of the molecule is Cc1cc(C)c(C(=O)NC(C)CS(C)(=O)=O)cc1N. The molecule has 0 heterocycles. The summed E-state index contributed by atoms with van der Waals surface area (Å²) in [6.45, 7) is 5.35. The van der Waals surface area contributed by atoms with E-state index < -0.39 is 15.9 Å². The van der Waals surface area contributed by atoms with Crippen LogP contribution in [0.2, 0.25) is 0 Å². The molecular weight excluding hydrogens is 264 g/mol. The van der Waals surface area contributed by atoms with Gasteiger partial charge in [0.15, 0.2) is 0 Å². The zero-order chi connectivity index (χ0) is 14.8. The van der Waals surface area contributed by atoms with Crippen molar-refractivity contribution in [2.24, 2.45) is 0 Å². The lowest BCUT2D eigenvalue weighted by Crippen LogP contribution is -2.37. The Bertz CT molecular complexity index is 594. The zero-order valence-electron chi connectivity index (χ0n) is 11.6. The molecule has 5 nitrogen and oxygen atoms in total. The van der Waals surface area contributed by atoms with Crippen LogP contribution in [0.3, 0.4) is 0 Å². The number of amides is 1. The molecule has 1 aromatic rings. The van der Waals surface area contributed by atoms with Crippen LogP contribution in [0.1, 0.15) is 28.4 Å². The smallest absolute Gasteiger partial charge is 0.251 e. The topological polar surface area (TPSA) is 89.3 Å². The van der Waals surface area contributed by atoms with Crippen molar-refractivity contribution in [3.8, 4) is 0 Å². The Kier molecular flexibility index (Phi) is 4.57. The highest BCUT2D eigenvalue weighted by Gasteiger charge is 2.16. The summed E-state index contributed by atoms with van der Waals surface area (Å²) in [5.41, 5.74) is 8.54. The van der Waals surface area contributed by atoms with E-state index in [1.807, 2.05) is 19.9 Å². The molecule has 1 unspecified atom stereocenters. The quantitative estimate of drug-likeness (QED) is 0.809. The average Bonchev–Trinajstić information content (AvgIpc) is 2.20. The van der Waals surface area contributed by atoms with E-state index in [-0.39, 0.29) is 11.7 Å². The standard InChI is InChI=1S/C13H20N2O3S/c1-8-5-9(2)12(14)6-11(8)13(16)15-10(3)7-19(4,17)18/h5-6,10H,7,14H2,1-4H3,(H,15,16). The molecule has 0 saturated heterocycles. The lowest BCUT2D eigenvalue weighted by Gasteiger charge is -2.15. The Balaban J connectivity index is 2.87. The van der Waals surface area contributed by atoms with Gasteiger partial charge in [-0.2, -0.15) is 0 Å². The number of carbonyl (C=O) groups is 1. The van der Waals surface area contributed by atoms with Gasteiger partial charge in [0, 0.05) is 23.5 Å². The third-order valence-corrected chi connectivity index (χ3v) is 3.89. The van der Waals surface area contributed by atoms with Gasteiger partial charge in [-0.3, -0.25) is 4.79 Å². The van der Waals surface area contributed by atoms with E-state index in [9.17, 15) is 13.2 Å². The molecule has 106 valence electrons. The summed E-state index contributed by atoms with van der Waals surface area (Å²) in [4.78, 5) is 12.1. The van der Waals surface area contributed by atoms with Crippen LogP contribution in [0.4, 0.5) is 5.69 Å². The van der Waals surface area contributed by atoms with Crippen LogP contribution >= 0.6 is 0 Å². The van der Waals surface area contributed by atoms with Crippen molar-refractivity contribution in [1.82, 2.24) is 5.32 Å². The van der Waals surface area contributed by atoms with E-state index in [0.717, 1.165) is 17.4 Å². The van der Waals surface area contributed by atoms with Gasteiger partial charge in [-0.05, 0) is 38.0 Å². The molecule has 1 amide bonds. The van der Waals surface area contributed by atoms with Crippen molar-refractivity contribution in [3.05, 3.63) is 28.8 Å². The number of nitrogen functional groups attached to an aromatic ring is 1. The van der Waals surface area contributed by atoms with E-state index in [2.05, 4.69) is 5.32 Å². The summed E-state index contributed by atoms with van der Waals surface area (Å²) in [6.07, 6.45) is 1.14. The molecule has 0 radical (unpaired) electrons. The Morgan fingerprint density at radius 2 is 1.89 bits per heavy atom. The fourth-order valence-corrected chi connectivity index (χ4v) is 2.90. The van der Waals surface area contributed by atoms with Crippen LogP contribution in [0.25, 0.3) is 0 Å². The number of nitrogens with one attached hydrogen (secondary N) is 1. The molecule has 3 N–H and O–H groups in total. The number of hydrogen-bond donors (Lipinski definition) is 2. The molecule has 6 heteroatoms. The number of nitrogens with two attached hydrogens (primary N) is 1. The van der Waals surface area contributed by atoms with Gasteiger partial charge in [0.1, 0.15) is 9.84 Å². The van der Waals surface area contributed by atoms with E-state index in [0.29, 0.717) is 11.3 Å². The fraction of sp³-hybridized carbons (Fsp3) is 0.462. The van der Waals surface area contributed by atoms with Crippen molar-refractivity contribution in [2.75, 3.05) is 17.7 Å². The zero-order valence-corrected chi connectivity index (χ0v) is 12.5. The van der Waals surface area contributed by atoms with Crippen LogP contribution in [0.15, 0.2) is 12.1 Å². The van der Waals surface area contributed by atoms with Gasteiger partial charge in [0.25, 0.3) is 5.91 Å². The lowest BCUT2D eigenvalue weighted by atomic mass is 10.0. The molecule has 0 fully saturated rings. The summed E-state index contributed by atoms with van der Waals surface area (Å²) in [5, 5.41) is 2.67. The Hall–Kier alpha value is -1.56. The van der Waals surface area contributed by atoms with Crippen LogP contribution in [0.5, 0.6) is 0 Å². The highest BCUT2D eigenvalue weighted by atomic mass is 32.2. The number of aryl methyl sites for hydroxylation is 2. The summed E-state index contributed by atoms with van der Waals surface area (Å²) in [6, 6.07) is 3.02. The normalized spacial score (nSPS) is 13.1. The second-order valence-corrected chi connectivity index (χ2v) is 7.18. The number of rotatable bonds is 4. The average molecular weight is 284 g/mol. The molecule has 0 aromatic heterocycles. The minimum atomic E-state index is -3.12. The number of sulfone groups is 1. The monoisotopic (exact) mass is 284 g/mol. The molecule has 1 atom stereocenters. The minimum Gasteiger partial charge on any atom is -0.398 e. The van der Waals surface area contributed by atoms with E-state index >= 15 is 0 Å². The summed E-state index contributed by atoms with van der Waals surface area (Å²) in [5.74, 6) is -0.389. The van der Waals surface area contributed by atoms with Crippen molar-refractivity contribution in [3.63, 3.8) is 0 Å². The number of hydrogen-bond acceptors (Lipinski definition) is 4. The summed E-state index contributed by atoms with van der Waals surface area (Å²) >= 11 is 0. The predicted octanol–water partition coefficient (Wildman–Crippen LogP) is 1.05. The Morgan fingerprint density at radius 1 is 1.32 bits per heavy atom. The molecule has 0 aliphatic heterocycles. The Morgan fingerprint density at radius 3 is 2.42 bits per heavy atom. The van der Waals surface area contributed by atoms with Gasteiger partial charge < -0.3 is 11.1 Å². The molecule has 19 heavy (non-hydrogen) atoms. The van der Waals surface area contributed by atoms with Gasteiger partial charge in [-0.1, -0.05) is 6.07 Å². The van der Waals surface area contributed by atoms with Gasteiger partial charge >= 0.3 is 0 Å². The Labute approximate surface area is 114 Å². The third kappa shape index (κ3) is 4.55. The number of anilines is 1. The first-order valence-electron chi connectivity index (χ1n) is 5.95. The minimum absolute atomic E-state index is 0.0842. The third-order valence-electron chi connectivity index (χ3n) is 2.79.